The largest absolute Gasteiger partial charge is 0.310 e. The highest BCUT2D eigenvalue weighted by molar-refractivity contribution is 6.10. The topological polar surface area (TPSA) is 11.4 Å². The fourth-order valence-electron chi connectivity index (χ4n) is 8.46. The van der Waals surface area contributed by atoms with Crippen molar-refractivity contribution in [3.8, 4) is 27.9 Å². The summed E-state index contributed by atoms with van der Waals surface area (Å²) in [6.07, 6.45) is 0. The average molecular weight is 702 g/mol. The second-order valence-electron chi connectivity index (χ2n) is 14.3. The molecular formula is C52H35N3. The summed E-state index contributed by atoms with van der Waals surface area (Å²) in [5.41, 5.74) is 14.8. The number of anilines is 6. The van der Waals surface area contributed by atoms with Crippen molar-refractivity contribution >= 4 is 66.7 Å². The lowest BCUT2D eigenvalue weighted by atomic mass is 9.99. The minimum absolute atomic E-state index is 1.10. The SMILES string of the molecule is c1ccc(-n2c3ccccc3c3cc(N4c5cccc(c5)-c5cccc(c5)N(c5ccc6ccccc6c5)c5cccc(c5)-c5cccc4c5)ccc32)cc1. The van der Waals surface area contributed by atoms with Crippen LogP contribution in [0.3, 0.4) is 0 Å². The summed E-state index contributed by atoms with van der Waals surface area (Å²) in [6, 6.07) is 77.4. The summed E-state index contributed by atoms with van der Waals surface area (Å²) in [5.74, 6) is 0. The third kappa shape index (κ3) is 5.28. The van der Waals surface area contributed by atoms with Gasteiger partial charge in [0.05, 0.1) is 11.0 Å². The molecule has 3 heteroatoms. The molecule has 8 bridgehead atoms. The molecule has 0 N–H and O–H groups in total. The maximum absolute atomic E-state index is 2.40. The molecule has 258 valence electrons. The van der Waals surface area contributed by atoms with E-state index in [2.05, 4.69) is 227 Å². The Bertz CT molecular complexity index is 2980. The molecule has 9 aromatic carbocycles. The van der Waals surface area contributed by atoms with Crippen molar-refractivity contribution in [2.75, 3.05) is 9.80 Å². The van der Waals surface area contributed by atoms with Crippen molar-refractivity contribution < 1.29 is 0 Å². The molecule has 0 radical (unpaired) electrons. The van der Waals surface area contributed by atoms with Crippen LogP contribution >= 0.6 is 0 Å². The Kier molecular flexibility index (Phi) is 7.17. The Hall–Kier alpha value is -7.36. The summed E-state index contributed by atoms with van der Waals surface area (Å²) >= 11 is 0. The molecule has 0 atom stereocenters. The number of para-hydroxylation sites is 2. The third-order valence-electron chi connectivity index (χ3n) is 11.0. The monoisotopic (exact) mass is 701 g/mol. The van der Waals surface area contributed by atoms with E-state index in [1.165, 1.54) is 32.6 Å². The van der Waals surface area contributed by atoms with Gasteiger partial charge >= 0.3 is 0 Å². The quantitative estimate of drug-likeness (QED) is 0.182. The summed E-state index contributed by atoms with van der Waals surface area (Å²) < 4.78 is 2.37. The Morgan fingerprint density at radius 3 is 1.27 bits per heavy atom. The number of benzene rings is 9. The highest BCUT2D eigenvalue weighted by Crippen LogP contribution is 2.44. The Morgan fingerprint density at radius 2 is 0.673 bits per heavy atom. The van der Waals surface area contributed by atoms with Crippen molar-refractivity contribution in [3.05, 3.63) is 212 Å². The molecule has 1 aliphatic heterocycles. The van der Waals surface area contributed by atoms with E-state index in [0.717, 1.165) is 62.1 Å². The van der Waals surface area contributed by atoms with Crippen LogP contribution in [-0.4, -0.2) is 4.57 Å². The van der Waals surface area contributed by atoms with Gasteiger partial charge < -0.3 is 14.4 Å². The summed E-state index contributed by atoms with van der Waals surface area (Å²) in [7, 11) is 0. The van der Waals surface area contributed by atoms with Gasteiger partial charge in [-0.05, 0) is 130 Å². The van der Waals surface area contributed by atoms with Gasteiger partial charge in [-0.2, -0.15) is 0 Å². The average Bonchev–Trinajstić information content (AvgIpc) is 3.58. The number of fused-ring (bicyclic) bond motifs is 14. The minimum atomic E-state index is 1.10. The summed E-state index contributed by atoms with van der Waals surface area (Å²) in [4.78, 5) is 4.79. The Balaban J connectivity index is 1.13. The molecule has 0 spiro atoms. The van der Waals surface area contributed by atoms with Gasteiger partial charge in [-0.1, -0.05) is 115 Å². The molecule has 3 nitrogen and oxygen atoms in total. The lowest BCUT2D eigenvalue weighted by Gasteiger charge is -2.29. The Labute approximate surface area is 320 Å². The predicted octanol–water partition coefficient (Wildman–Crippen LogP) is 14.5. The highest BCUT2D eigenvalue weighted by atomic mass is 15.1. The molecule has 55 heavy (non-hydrogen) atoms. The molecular weight excluding hydrogens is 667 g/mol. The van der Waals surface area contributed by atoms with Crippen LogP contribution in [0.2, 0.25) is 0 Å². The van der Waals surface area contributed by atoms with Crippen molar-refractivity contribution in [1.29, 1.82) is 0 Å². The standard InChI is InChI=1S/C52H35N3/c1-2-18-42(19-3-1)55-51-25-7-6-24-49(51)50-35-48(28-29-52(50)55)54-45-22-10-16-40(33-45)38-14-8-20-43(31-38)53(47-27-26-36-12-4-5-13-37(36)30-47)44-21-9-15-39(32-44)41-17-11-23-46(54)34-41/h1-35H. The fraction of sp³-hybridized carbons (Fsp3) is 0. The highest BCUT2D eigenvalue weighted by Gasteiger charge is 2.20. The lowest BCUT2D eigenvalue weighted by Crippen LogP contribution is -2.11. The van der Waals surface area contributed by atoms with E-state index in [9.17, 15) is 0 Å². The third-order valence-corrected chi connectivity index (χ3v) is 11.0. The molecule has 1 aliphatic rings. The van der Waals surface area contributed by atoms with Crippen LogP contribution in [0.4, 0.5) is 34.1 Å². The van der Waals surface area contributed by atoms with Crippen molar-refractivity contribution in [1.82, 2.24) is 4.57 Å². The first kappa shape index (κ1) is 31.2. The van der Waals surface area contributed by atoms with Gasteiger partial charge in [0, 0.05) is 50.6 Å². The fourth-order valence-corrected chi connectivity index (χ4v) is 8.46. The van der Waals surface area contributed by atoms with Crippen LogP contribution in [0.25, 0.3) is 60.5 Å². The van der Waals surface area contributed by atoms with Crippen LogP contribution in [0, 0.1) is 0 Å². The molecule has 0 unspecified atom stereocenters. The maximum atomic E-state index is 2.40. The van der Waals surface area contributed by atoms with E-state index in [4.69, 9.17) is 0 Å². The van der Waals surface area contributed by atoms with Crippen molar-refractivity contribution in [2.45, 2.75) is 0 Å². The van der Waals surface area contributed by atoms with Gasteiger partial charge in [-0.25, -0.2) is 0 Å². The molecule has 0 fully saturated rings. The molecule has 0 saturated carbocycles. The van der Waals surface area contributed by atoms with Crippen molar-refractivity contribution in [3.63, 3.8) is 0 Å². The van der Waals surface area contributed by atoms with Gasteiger partial charge in [-0.3, -0.25) is 0 Å². The van der Waals surface area contributed by atoms with Crippen LogP contribution < -0.4 is 9.80 Å². The van der Waals surface area contributed by atoms with Crippen molar-refractivity contribution in [2.24, 2.45) is 0 Å². The van der Waals surface area contributed by atoms with E-state index in [-0.39, 0.29) is 0 Å². The van der Waals surface area contributed by atoms with E-state index < -0.39 is 0 Å². The first-order valence-electron chi connectivity index (χ1n) is 18.8. The molecule has 2 heterocycles. The molecule has 0 saturated heterocycles. The lowest BCUT2D eigenvalue weighted by molar-refractivity contribution is 1.18. The first-order valence-corrected chi connectivity index (χ1v) is 18.8. The number of aromatic nitrogens is 1. The van der Waals surface area contributed by atoms with Gasteiger partial charge in [-0.15, -0.1) is 0 Å². The van der Waals surface area contributed by atoms with E-state index >= 15 is 0 Å². The predicted molar refractivity (Wildman–Crippen MR) is 232 cm³/mol. The van der Waals surface area contributed by atoms with Gasteiger partial charge in [0.2, 0.25) is 0 Å². The molecule has 11 rings (SSSR count). The normalized spacial score (nSPS) is 12.3. The maximum Gasteiger partial charge on any atom is 0.0542 e. The molecule has 0 aliphatic carbocycles. The van der Waals surface area contributed by atoms with Gasteiger partial charge in [0.25, 0.3) is 0 Å². The van der Waals surface area contributed by atoms with Crippen LogP contribution in [0.5, 0.6) is 0 Å². The number of hydrogen-bond donors (Lipinski definition) is 0. The van der Waals surface area contributed by atoms with Gasteiger partial charge in [0.1, 0.15) is 0 Å². The smallest absolute Gasteiger partial charge is 0.0542 e. The second kappa shape index (κ2) is 12.6. The summed E-state index contributed by atoms with van der Waals surface area (Å²) in [5, 5.41) is 4.90. The number of nitrogens with zero attached hydrogens (tertiary/aromatic N) is 3. The Morgan fingerprint density at radius 1 is 0.236 bits per heavy atom. The van der Waals surface area contributed by atoms with E-state index in [0.29, 0.717) is 0 Å². The van der Waals surface area contributed by atoms with Gasteiger partial charge in [0.15, 0.2) is 0 Å². The van der Waals surface area contributed by atoms with Crippen LogP contribution in [0.1, 0.15) is 0 Å². The molecule has 10 aromatic rings. The van der Waals surface area contributed by atoms with E-state index in [1.54, 1.807) is 0 Å². The minimum Gasteiger partial charge on any atom is -0.310 e. The summed E-state index contributed by atoms with van der Waals surface area (Å²) in [6.45, 7) is 0. The zero-order valence-electron chi connectivity index (χ0n) is 30.0. The molecule has 0 amide bonds. The number of rotatable bonds is 3. The zero-order chi connectivity index (χ0) is 36.3. The molecule has 1 aromatic heterocycles. The van der Waals surface area contributed by atoms with E-state index in [1.807, 2.05) is 0 Å². The zero-order valence-corrected chi connectivity index (χ0v) is 30.0. The van der Waals surface area contributed by atoms with Crippen LogP contribution in [0.15, 0.2) is 212 Å². The second-order valence-corrected chi connectivity index (χ2v) is 14.3. The van der Waals surface area contributed by atoms with Crippen LogP contribution in [-0.2, 0) is 0 Å². The number of hydrogen-bond acceptors (Lipinski definition) is 2. The first-order chi connectivity index (χ1) is 27.2.